The molecule has 0 aromatic heterocycles. The highest BCUT2D eigenvalue weighted by atomic mass is 16.6. The van der Waals surface area contributed by atoms with Crippen molar-refractivity contribution in [3.63, 3.8) is 0 Å². The lowest BCUT2D eigenvalue weighted by Crippen LogP contribution is -2.43. The van der Waals surface area contributed by atoms with Crippen LogP contribution in [0.2, 0.25) is 0 Å². The third kappa shape index (κ3) is 3.42. The molecule has 1 heterocycles. The topological polar surface area (TPSA) is 58.9 Å². The summed E-state index contributed by atoms with van der Waals surface area (Å²) >= 11 is 0. The van der Waals surface area contributed by atoms with Gasteiger partial charge in [0.15, 0.2) is 0 Å². The molecule has 1 fully saturated rings. The Hall–Kier alpha value is -1.66. The summed E-state index contributed by atoms with van der Waals surface area (Å²) in [7, 11) is 3.69. The number of nitro benzene ring substituents is 1. The lowest BCUT2D eigenvalue weighted by Gasteiger charge is -2.32. The molecule has 0 amide bonds. The number of piperazine rings is 1. The van der Waals surface area contributed by atoms with Crippen LogP contribution in [0.4, 0.5) is 5.69 Å². The van der Waals surface area contributed by atoms with Crippen LogP contribution >= 0.6 is 0 Å². The minimum atomic E-state index is -0.368. The Morgan fingerprint density at radius 3 is 2.58 bits per heavy atom. The summed E-state index contributed by atoms with van der Waals surface area (Å²) in [6, 6.07) is 4.76. The molecule has 2 rings (SSSR count). The van der Waals surface area contributed by atoms with Crippen LogP contribution in [0.15, 0.2) is 18.2 Å². The molecule has 0 saturated carbocycles. The van der Waals surface area contributed by atoms with Crippen molar-refractivity contribution >= 4 is 5.69 Å². The number of nitro groups is 1. The summed E-state index contributed by atoms with van der Waals surface area (Å²) in [6.07, 6.45) is 0. The maximum absolute atomic E-state index is 10.8. The van der Waals surface area contributed by atoms with Crippen LogP contribution in [0, 0.1) is 10.1 Å². The number of nitrogens with zero attached hydrogens (tertiary/aromatic N) is 3. The molecule has 6 nitrogen and oxygen atoms in total. The largest absolute Gasteiger partial charge is 0.496 e. The second-order valence-corrected chi connectivity index (χ2v) is 4.83. The van der Waals surface area contributed by atoms with Crippen molar-refractivity contribution in [2.45, 2.75) is 6.54 Å². The van der Waals surface area contributed by atoms with E-state index < -0.39 is 0 Å². The molecule has 0 spiro atoms. The lowest BCUT2D eigenvalue weighted by atomic mass is 10.1. The normalized spacial score (nSPS) is 17.4. The Labute approximate surface area is 112 Å². The van der Waals surface area contributed by atoms with E-state index in [9.17, 15) is 10.1 Å². The number of rotatable bonds is 4. The van der Waals surface area contributed by atoms with E-state index >= 15 is 0 Å². The molecule has 1 aromatic rings. The predicted octanol–water partition coefficient (Wildman–Crippen LogP) is 1.35. The maximum atomic E-state index is 10.8. The van der Waals surface area contributed by atoms with Crippen LogP contribution in [0.25, 0.3) is 0 Å². The van der Waals surface area contributed by atoms with Gasteiger partial charge in [-0.1, -0.05) is 0 Å². The van der Waals surface area contributed by atoms with Gasteiger partial charge in [-0.3, -0.25) is 15.0 Å². The summed E-state index contributed by atoms with van der Waals surface area (Å²) in [4.78, 5) is 15.0. The summed E-state index contributed by atoms with van der Waals surface area (Å²) in [5.74, 6) is 0.713. The maximum Gasteiger partial charge on any atom is 0.270 e. The van der Waals surface area contributed by atoms with E-state index in [0.29, 0.717) is 12.3 Å². The van der Waals surface area contributed by atoms with Gasteiger partial charge in [-0.25, -0.2) is 0 Å². The van der Waals surface area contributed by atoms with Gasteiger partial charge >= 0.3 is 0 Å². The standard InChI is InChI=1S/C13H19N3O3/c1-14-5-7-15(8-6-14)10-11-9-12(16(17)18)3-4-13(11)19-2/h3-4,9H,5-8,10H2,1-2H3. The summed E-state index contributed by atoms with van der Waals surface area (Å²) < 4.78 is 5.28. The molecular weight excluding hydrogens is 246 g/mol. The van der Waals surface area contributed by atoms with E-state index in [4.69, 9.17) is 4.74 Å². The molecule has 1 saturated heterocycles. The van der Waals surface area contributed by atoms with Gasteiger partial charge in [0.25, 0.3) is 5.69 Å². The molecule has 0 atom stereocenters. The molecule has 0 unspecified atom stereocenters. The highest BCUT2D eigenvalue weighted by Gasteiger charge is 2.17. The average molecular weight is 265 g/mol. The summed E-state index contributed by atoms with van der Waals surface area (Å²) in [5.41, 5.74) is 0.992. The quantitative estimate of drug-likeness (QED) is 0.607. The second kappa shape index (κ2) is 5.99. The van der Waals surface area contributed by atoms with Gasteiger partial charge in [0.1, 0.15) is 5.75 Å². The molecule has 0 radical (unpaired) electrons. The summed E-state index contributed by atoms with van der Waals surface area (Å²) in [5, 5.41) is 10.8. The summed E-state index contributed by atoms with van der Waals surface area (Å²) in [6.45, 7) is 4.69. The van der Waals surface area contributed by atoms with Gasteiger partial charge in [-0.05, 0) is 13.1 Å². The fraction of sp³-hybridized carbons (Fsp3) is 0.538. The number of hydrogen-bond acceptors (Lipinski definition) is 5. The first-order chi connectivity index (χ1) is 9.10. The first-order valence-electron chi connectivity index (χ1n) is 6.32. The fourth-order valence-electron chi connectivity index (χ4n) is 2.25. The number of benzene rings is 1. The minimum absolute atomic E-state index is 0.116. The van der Waals surface area contributed by atoms with Crippen LogP contribution in [0.1, 0.15) is 5.56 Å². The minimum Gasteiger partial charge on any atom is -0.496 e. The van der Waals surface area contributed by atoms with E-state index in [1.54, 1.807) is 19.2 Å². The van der Waals surface area contributed by atoms with Crippen LogP contribution in [0.3, 0.4) is 0 Å². The van der Waals surface area contributed by atoms with Gasteiger partial charge in [0, 0.05) is 50.4 Å². The van der Waals surface area contributed by atoms with Gasteiger partial charge in [-0.15, -0.1) is 0 Å². The third-order valence-corrected chi connectivity index (χ3v) is 3.46. The van der Waals surface area contributed by atoms with Gasteiger partial charge in [0.2, 0.25) is 0 Å². The van der Waals surface area contributed by atoms with Crippen LogP contribution < -0.4 is 4.74 Å². The molecule has 104 valence electrons. The molecule has 1 aliphatic rings. The zero-order valence-electron chi connectivity index (χ0n) is 11.3. The Bertz CT molecular complexity index is 456. The predicted molar refractivity (Wildman–Crippen MR) is 72.4 cm³/mol. The first-order valence-corrected chi connectivity index (χ1v) is 6.32. The van der Waals surface area contributed by atoms with E-state index in [2.05, 4.69) is 16.8 Å². The highest BCUT2D eigenvalue weighted by Crippen LogP contribution is 2.25. The Morgan fingerprint density at radius 2 is 2.00 bits per heavy atom. The molecule has 0 aliphatic carbocycles. The van der Waals surface area contributed by atoms with E-state index in [-0.39, 0.29) is 10.6 Å². The van der Waals surface area contributed by atoms with Crippen molar-refractivity contribution in [1.29, 1.82) is 0 Å². The van der Waals surface area contributed by atoms with Crippen molar-refractivity contribution in [2.24, 2.45) is 0 Å². The van der Waals surface area contributed by atoms with Crippen LogP contribution in [0.5, 0.6) is 5.75 Å². The molecule has 1 aromatic carbocycles. The van der Waals surface area contributed by atoms with Gasteiger partial charge in [-0.2, -0.15) is 0 Å². The molecule has 19 heavy (non-hydrogen) atoms. The van der Waals surface area contributed by atoms with Crippen LogP contribution in [-0.4, -0.2) is 55.1 Å². The number of hydrogen-bond donors (Lipinski definition) is 0. The molecule has 0 bridgehead atoms. The van der Waals surface area contributed by atoms with Gasteiger partial charge < -0.3 is 9.64 Å². The number of ether oxygens (including phenoxy) is 1. The number of methoxy groups -OCH3 is 1. The SMILES string of the molecule is COc1ccc([N+](=O)[O-])cc1CN1CCN(C)CC1. The van der Waals surface area contributed by atoms with Crippen molar-refractivity contribution in [3.8, 4) is 5.75 Å². The highest BCUT2D eigenvalue weighted by molar-refractivity contribution is 5.43. The number of likely N-dealkylation sites (N-methyl/N-ethyl adjacent to an activating group) is 1. The Morgan fingerprint density at radius 1 is 1.32 bits per heavy atom. The monoisotopic (exact) mass is 265 g/mol. The molecular formula is C13H19N3O3. The van der Waals surface area contributed by atoms with E-state index in [1.165, 1.54) is 6.07 Å². The van der Waals surface area contributed by atoms with E-state index in [0.717, 1.165) is 31.7 Å². The zero-order valence-corrected chi connectivity index (χ0v) is 11.3. The Balaban J connectivity index is 2.13. The van der Waals surface area contributed by atoms with Crippen molar-refractivity contribution in [1.82, 2.24) is 9.80 Å². The first kappa shape index (κ1) is 13.8. The molecule has 1 aliphatic heterocycles. The smallest absolute Gasteiger partial charge is 0.270 e. The Kier molecular flexibility index (Phi) is 4.34. The third-order valence-electron chi connectivity index (χ3n) is 3.46. The molecule has 0 N–H and O–H groups in total. The van der Waals surface area contributed by atoms with Crippen molar-refractivity contribution in [3.05, 3.63) is 33.9 Å². The van der Waals surface area contributed by atoms with Crippen molar-refractivity contribution in [2.75, 3.05) is 40.3 Å². The second-order valence-electron chi connectivity index (χ2n) is 4.83. The zero-order chi connectivity index (χ0) is 13.8. The van der Waals surface area contributed by atoms with Crippen LogP contribution in [-0.2, 0) is 6.54 Å². The van der Waals surface area contributed by atoms with E-state index in [1.807, 2.05) is 0 Å². The average Bonchev–Trinajstić information content (AvgIpc) is 2.41. The van der Waals surface area contributed by atoms with Gasteiger partial charge in [0.05, 0.1) is 12.0 Å². The number of non-ortho nitro benzene ring substituents is 1. The lowest BCUT2D eigenvalue weighted by molar-refractivity contribution is -0.385. The fourth-order valence-corrected chi connectivity index (χ4v) is 2.25. The van der Waals surface area contributed by atoms with Crippen molar-refractivity contribution < 1.29 is 9.66 Å². The molecule has 6 heteroatoms.